The van der Waals surface area contributed by atoms with Crippen molar-refractivity contribution in [2.24, 2.45) is 0 Å². The third-order valence-corrected chi connectivity index (χ3v) is 3.94. The molecule has 0 atom stereocenters. The molecule has 0 radical (unpaired) electrons. The third-order valence-electron chi connectivity index (χ3n) is 1.60. The van der Waals surface area contributed by atoms with Crippen LogP contribution in [0.15, 0.2) is 34.8 Å². The molecule has 2 N–H and O–H groups in total. The van der Waals surface area contributed by atoms with E-state index in [1.54, 1.807) is 6.08 Å². The van der Waals surface area contributed by atoms with Crippen LogP contribution in [0.3, 0.4) is 0 Å². The minimum absolute atomic E-state index is 0.499. The summed E-state index contributed by atoms with van der Waals surface area (Å²) in [6.45, 7) is 0.499. The third kappa shape index (κ3) is 4.65. The number of aliphatic carboxylic acids is 1. The van der Waals surface area contributed by atoms with Crippen molar-refractivity contribution in [2.75, 3.05) is 11.9 Å². The minimum Gasteiger partial charge on any atom is -0.478 e. The molecule has 0 aliphatic carbocycles. The zero-order valence-corrected chi connectivity index (χ0v) is 11.4. The van der Waals surface area contributed by atoms with Crippen LogP contribution in [0.2, 0.25) is 0 Å². The molecule has 0 saturated heterocycles. The molecule has 0 amide bonds. The number of nitrogens with one attached hydrogen (secondary N) is 1. The summed E-state index contributed by atoms with van der Waals surface area (Å²) < 4.78 is 2.16. The second-order valence-electron chi connectivity index (χ2n) is 2.75. The summed E-state index contributed by atoms with van der Waals surface area (Å²) in [6.07, 6.45) is 2.68. The van der Waals surface area contributed by atoms with Crippen molar-refractivity contribution >= 4 is 50.2 Å². The molecule has 0 unspecified atom stereocenters. The Balaban J connectivity index is 2.51. The van der Waals surface area contributed by atoms with Crippen LogP contribution in [0.5, 0.6) is 0 Å². The molecule has 0 spiro atoms. The summed E-state index contributed by atoms with van der Waals surface area (Å²) in [5.41, 5.74) is 0.956. The Morgan fingerprint density at radius 1 is 1.60 bits per heavy atom. The van der Waals surface area contributed by atoms with Crippen molar-refractivity contribution in [3.8, 4) is 0 Å². The fourth-order valence-electron chi connectivity index (χ4n) is 0.943. The first kappa shape index (κ1) is 12.5. The largest absolute Gasteiger partial charge is 0.478 e. The molecule has 1 aromatic carbocycles. The number of halogens is 2. The van der Waals surface area contributed by atoms with Gasteiger partial charge in [-0.05, 0) is 56.7 Å². The summed E-state index contributed by atoms with van der Waals surface area (Å²) in [4.78, 5) is 10.2. The number of anilines is 1. The first-order chi connectivity index (χ1) is 7.09. The Labute approximate surface area is 110 Å². The summed E-state index contributed by atoms with van der Waals surface area (Å²) >= 11 is 5.65. The fourth-order valence-corrected chi connectivity index (χ4v) is 1.66. The molecule has 5 heteroatoms. The Morgan fingerprint density at radius 3 is 2.93 bits per heavy atom. The van der Waals surface area contributed by atoms with Gasteiger partial charge in [-0.1, -0.05) is 6.08 Å². The van der Waals surface area contributed by atoms with Crippen molar-refractivity contribution in [3.63, 3.8) is 0 Å². The smallest absolute Gasteiger partial charge is 0.328 e. The summed E-state index contributed by atoms with van der Waals surface area (Å²) in [5, 5.41) is 11.5. The first-order valence-electron chi connectivity index (χ1n) is 4.18. The highest BCUT2D eigenvalue weighted by molar-refractivity contribution is 14.1. The number of hydrogen-bond acceptors (Lipinski definition) is 2. The maximum absolute atomic E-state index is 10.2. The van der Waals surface area contributed by atoms with E-state index in [1.165, 1.54) is 0 Å². The van der Waals surface area contributed by atoms with Crippen molar-refractivity contribution in [2.45, 2.75) is 0 Å². The highest BCUT2D eigenvalue weighted by atomic mass is 127. The van der Waals surface area contributed by atoms with Crippen LogP contribution in [0.25, 0.3) is 0 Å². The lowest BCUT2D eigenvalue weighted by atomic mass is 10.3. The lowest BCUT2D eigenvalue weighted by Gasteiger charge is -2.04. The Morgan fingerprint density at radius 2 is 2.33 bits per heavy atom. The van der Waals surface area contributed by atoms with Crippen LogP contribution in [0.1, 0.15) is 0 Å². The number of benzene rings is 1. The molecule has 1 rings (SSSR count). The van der Waals surface area contributed by atoms with Gasteiger partial charge in [-0.2, -0.15) is 0 Å². The van der Waals surface area contributed by atoms with E-state index in [0.717, 1.165) is 19.8 Å². The number of carboxylic acids is 1. The highest BCUT2D eigenvalue weighted by Crippen LogP contribution is 2.22. The zero-order chi connectivity index (χ0) is 11.3. The van der Waals surface area contributed by atoms with Crippen molar-refractivity contribution in [1.29, 1.82) is 0 Å². The SMILES string of the molecule is O=C(O)/C=C/CNc1ccc(I)c(Br)c1. The number of hydrogen-bond donors (Lipinski definition) is 2. The molecule has 1 aromatic rings. The summed E-state index contributed by atoms with van der Waals surface area (Å²) in [5.74, 6) is -0.930. The minimum atomic E-state index is -0.930. The fraction of sp³-hybridized carbons (Fsp3) is 0.100. The molecular formula is C10H9BrINO2. The molecule has 0 aromatic heterocycles. The molecule has 0 bridgehead atoms. The van der Waals surface area contributed by atoms with E-state index in [2.05, 4.69) is 43.8 Å². The van der Waals surface area contributed by atoms with Gasteiger partial charge in [0.1, 0.15) is 0 Å². The first-order valence-corrected chi connectivity index (χ1v) is 6.05. The van der Waals surface area contributed by atoms with Crippen LogP contribution in [-0.2, 0) is 4.79 Å². The van der Waals surface area contributed by atoms with E-state index >= 15 is 0 Å². The molecule has 15 heavy (non-hydrogen) atoms. The molecule has 0 aliphatic heterocycles. The molecule has 0 fully saturated rings. The van der Waals surface area contributed by atoms with E-state index < -0.39 is 5.97 Å². The van der Waals surface area contributed by atoms with E-state index in [1.807, 2.05) is 18.2 Å². The van der Waals surface area contributed by atoms with E-state index in [-0.39, 0.29) is 0 Å². The second-order valence-corrected chi connectivity index (χ2v) is 4.77. The van der Waals surface area contributed by atoms with Gasteiger partial charge in [0.15, 0.2) is 0 Å². The highest BCUT2D eigenvalue weighted by Gasteiger charge is 1.96. The van der Waals surface area contributed by atoms with Crippen molar-refractivity contribution in [1.82, 2.24) is 0 Å². The average molecular weight is 382 g/mol. The summed E-state index contributed by atoms with van der Waals surface area (Å²) in [7, 11) is 0. The Hall–Kier alpha value is -0.560. The van der Waals surface area contributed by atoms with Gasteiger partial charge in [-0.25, -0.2) is 4.79 Å². The molecule has 3 nitrogen and oxygen atoms in total. The zero-order valence-electron chi connectivity index (χ0n) is 7.71. The lowest BCUT2D eigenvalue weighted by molar-refractivity contribution is -0.131. The van der Waals surface area contributed by atoms with Crippen LogP contribution in [0, 0.1) is 3.57 Å². The lowest BCUT2D eigenvalue weighted by Crippen LogP contribution is -1.99. The maximum Gasteiger partial charge on any atom is 0.328 e. The Kier molecular flexibility index (Phi) is 5.10. The standard InChI is InChI=1S/C10H9BrINO2/c11-8-6-7(3-4-9(8)12)13-5-1-2-10(14)15/h1-4,6,13H,5H2,(H,14,15)/b2-1+. The van der Waals surface area contributed by atoms with Gasteiger partial charge < -0.3 is 10.4 Å². The Bertz CT molecular complexity index is 393. The van der Waals surface area contributed by atoms with Crippen LogP contribution < -0.4 is 5.32 Å². The topological polar surface area (TPSA) is 49.3 Å². The van der Waals surface area contributed by atoms with Crippen molar-refractivity contribution in [3.05, 3.63) is 38.4 Å². The predicted octanol–water partition coefficient (Wildman–Crippen LogP) is 3.11. The van der Waals surface area contributed by atoms with Gasteiger partial charge in [0.05, 0.1) is 0 Å². The molecule has 80 valence electrons. The number of carboxylic acid groups (broad SMARTS) is 1. The molecule has 0 saturated carbocycles. The van der Waals surface area contributed by atoms with Gasteiger partial charge in [-0.15, -0.1) is 0 Å². The van der Waals surface area contributed by atoms with Gasteiger partial charge in [-0.3, -0.25) is 0 Å². The monoisotopic (exact) mass is 381 g/mol. The van der Waals surface area contributed by atoms with Crippen LogP contribution in [0.4, 0.5) is 5.69 Å². The normalized spacial score (nSPS) is 10.5. The maximum atomic E-state index is 10.2. The van der Waals surface area contributed by atoms with Crippen LogP contribution >= 0.6 is 38.5 Å². The van der Waals surface area contributed by atoms with Gasteiger partial charge in [0.2, 0.25) is 0 Å². The second kappa shape index (κ2) is 6.12. The van der Waals surface area contributed by atoms with E-state index in [0.29, 0.717) is 6.54 Å². The van der Waals surface area contributed by atoms with E-state index in [9.17, 15) is 4.79 Å². The average Bonchev–Trinajstić information content (AvgIpc) is 2.18. The molecular weight excluding hydrogens is 373 g/mol. The van der Waals surface area contributed by atoms with Gasteiger partial charge >= 0.3 is 5.97 Å². The van der Waals surface area contributed by atoms with Gasteiger partial charge in [0, 0.05) is 26.4 Å². The molecule has 0 aliphatic rings. The van der Waals surface area contributed by atoms with Crippen LogP contribution in [-0.4, -0.2) is 17.6 Å². The van der Waals surface area contributed by atoms with Crippen molar-refractivity contribution < 1.29 is 9.90 Å². The van der Waals surface area contributed by atoms with Gasteiger partial charge in [0.25, 0.3) is 0 Å². The number of rotatable bonds is 4. The predicted molar refractivity (Wildman–Crippen MR) is 72.1 cm³/mol. The quantitative estimate of drug-likeness (QED) is 0.622. The summed E-state index contributed by atoms with van der Waals surface area (Å²) in [6, 6.07) is 5.88. The molecule has 0 heterocycles. The van der Waals surface area contributed by atoms with E-state index in [4.69, 9.17) is 5.11 Å². The number of carbonyl (C=O) groups is 1.